The normalized spacial score (nSPS) is 35.0. The van der Waals surface area contributed by atoms with Crippen LogP contribution >= 0.6 is 0 Å². The molecular weight excluding hydrogens is 356 g/mol. The van der Waals surface area contributed by atoms with Gasteiger partial charge >= 0.3 is 0 Å². The van der Waals surface area contributed by atoms with Gasteiger partial charge in [0.15, 0.2) is 0 Å². The van der Waals surface area contributed by atoms with E-state index in [4.69, 9.17) is 9.47 Å². The molecule has 4 aliphatic carbocycles. The maximum atomic E-state index is 6.12. The molecule has 0 spiro atoms. The SMILES string of the molecule is C(#CC1CCC(OCOC2CCC(C3CCCCC3)CC2)CC1)C1CCCCC1. The highest BCUT2D eigenvalue weighted by Crippen LogP contribution is 2.39. The van der Waals surface area contributed by atoms with E-state index in [1.807, 2.05) is 0 Å². The van der Waals surface area contributed by atoms with Gasteiger partial charge in [-0.05, 0) is 76.0 Å². The minimum absolute atomic E-state index is 0.404. The molecule has 0 atom stereocenters. The third kappa shape index (κ3) is 7.00. The van der Waals surface area contributed by atoms with Crippen LogP contribution in [0.4, 0.5) is 0 Å². The van der Waals surface area contributed by atoms with Crippen LogP contribution in [0, 0.1) is 35.5 Å². The molecule has 0 heterocycles. The van der Waals surface area contributed by atoms with Gasteiger partial charge in [-0.2, -0.15) is 0 Å². The summed E-state index contributed by atoms with van der Waals surface area (Å²) in [6, 6.07) is 0. The van der Waals surface area contributed by atoms with Crippen molar-refractivity contribution in [2.24, 2.45) is 23.7 Å². The highest BCUT2D eigenvalue weighted by atomic mass is 16.7. The molecule has 2 nitrogen and oxygen atoms in total. The minimum atomic E-state index is 0.404. The van der Waals surface area contributed by atoms with Gasteiger partial charge in [0, 0.05) is 11.8 Å². The number of hydrogen-bond acceptors (Lipinski definition) is 2. The second-order valence-electron chi connectivity index (χ2n) is 10.5. The lowest BCUT2D eigenvalue weighted by atomic mass is 9.73. The third-order valence-corrected chi connectivity index (χ3v) is 8.41. The van der Waals surface area contributed by atoms with Gasteiger partial charge in [-0.25, -0.2) is 0 Å². The third-order valence-electron chi connectivity index (χ3n) is 8.41. The van der Waals surface area contributed by atoms with Crippen molar-refractivity contribution < 1.29 is 9.47 Å². The minimum Gasteiger partial charge on any atom is -0.352 e. The smallest absolute Gasteiger partial charge is 0.147 e. The summed E-state index contributed by atoms with van der Waals surface area (Å²) in [5, 5.41) is 0. The molecule has 0 aromatic heterocycles. The van der Waals surface area contributed by atoms with Crippen LogP contribution in [0.3, 0.4) is 0 Å². The quantitative estimate of drug-likeness (QED) is 0.357. The van der Waals surface area contributed by atoms with Crippen molar-refractivity contribution in [3.05, 3.63) is 0 Å². The molecule has 0 aromatic rings. The first-order valence-electron chi connectivity index (χ1n) is 13.1. The van der Waals surface area contributed by atoms with E-state index in [9.17, 15) is 0 Å². The van der Waals surface area contributed by atoms with Crippen LogP contribution in [0.15, 0.2) is 0 Å². The number of rotatable bonds is 5. The van der Waals surface area contributed by atoms with Gasteiger partial charge < -0.3 is 9.47 Å². The fraction of sp³-hybridized carbons (Fsp3) is 0.926. The highest BCUT2D eigenvalue weighted by molar-refractivity contribution is 5.08. The fourth-order valence-electron chi connectivity index (χ4n) is 6.42. The molecule has 2 heteroatoms. The van der Waals surface area contributed by atoms with Crippen molar-refractivity contribution in [2.45, 2.75) is 128 Å². The molecule has 4 saturated carbocycles. The molecule has 0 radical (unpaired) electrons. The summed E-state index contributed by atoms with van der Waals surface area (Å²) < 4.78 is 12.2. The van der Waals surface area contributed by atoms with Crippen molar-refractivity contribution in [3.63, 3.8) is 0 Å². The Morgan fingerprint density at radius 2 is 0.897 bits per heavy atom. The first-order chi connectivity index (χ1) is 14.4. The summed E-state index contributed by atoms with van der Waals surface area (Å²) in [7, 11) is 0. The Balaban J connectivity index is 1.06. The Hall–Kier alpha value is -0.520. The van der Waals surface area contributed by atoms with Crippen molar-refractivity contribution in [1.29, 1.82) is 0 Å². The van der Waals surface area contributed by atoms with Gasteiger partial charge in [0.1, 0.15) is 6.79 Å². The summed E-state index contributed by atoms with van der Waals surface area (Å²) in [5.41, 5.74) is 0. The lowest BCUT2D eigenvalue weighted by Crippen LogP contribution is -2.29. The van der Waals surface area contributed by atoms with E-state index in [1.165, 1.54) is 116 Å². The molecule has 0 unspecified atom stereocenters. The Kier molecular flexibility index (Phi) is 8.80. The van der Waals surface area contributed by atoms with Gasteiger partial charge in [0.05, 0.1) is 12.2 Å². The van der Waals surface area contributed by atoms with Gasteiger partial charge in [0.25, 0.3) is 0 Å². The van der Waals surface area contributed by atoms with Gasteiger partial charge in [0.2, 0.25) is 0 Å². The molecule has 164 valence electrons. The lowest BCUT2D eigenvalue weighted by Gasteiger charge is -2.36. The van der Waals surface area contributed by atoms with E-state index >= 15 is 0 Å². The molecule has 0 amide bonds. The average Bonchev–Trinajstić information content (AvgIpc) is 2.80. The molecule has 4 rings (SSSR count). The Labute approximate surface area is 179 Å². The zero-order valence-corrected chi connectivity index (χ0v) is 18.7. The number of ether oxygens (including phenoxy) is 2. The number of hydrogen-bond donors (Lipinski definition) is 0. The van der Waals surface area contributed by atoms with Crippen LogP contribution in [0.25, 0.3) is 0 Å². The maximum absolute atomic E-state index is 6.12. The Morgan fingerprint density at radius 3 is 1.48 bits per heavy atom. The van der Waals surface area contributed by atoms with E-state index in [-0.39, 0.29) is 0 Å². The standard InChI is InChI=1S/C27H44O2/c1-3-7-22(8-4-1)11-12-23-13-17-26(18-14-23)28-21-29-27-19-15-25(16-20-27)24-9-5-2-6-10-24/h22-27H,1-10,13-21H2. The summed E-state index contributed by atoms with van der Waals surface area (Å²) in [6.07, 6.45) is 25.2. The summed E-state index contributed by atoms with van der Waals surface area (Å²) in [5.74, 6) is 10.5. The summed E-state index contributed by atoms with van der Waals surface area (Å²) in [4.78, 5) is 0. The van der Waals surface area contributed by atoms with Crippen molar-refractivity contribution in [1.82, 2.24) is 0 Å². The second-order valence-corrected chi connectivity index (χ2v) is 10.5. The second kappa shape index (κ2) is 11.8. The predicted octanol–water partition coefficient (Wildman–Crippen LogP) is 7.26. The predicted molar refractivity (Wildman–Crippen MR) is 119 cm³/mol. The van der Waals surface area contributed by atoms with E-state index < -0.39 is 0 Å². The van der Waals surface area contributed by atoms with Gasteiger partial charge in [-0.3, -0.25) is 0 Å². The zero-order chi connectivity index (χ0) is 19.7. The Morgan fingerprint density at radius 1 is 0.448 bits per heavy atom. The Bertz CT molecular complexity index is 504. The van der Waals surface area contributed by atoms with E-state index in [0.717, 1.165) is 11.8 Å². The maximum Gasteiger partial charge on any atom is 0.147 e. The summed E-state index contributed by atoms with van der Waals surface area (Å²) >= 11 is 0. The molecule has 29 heavy (non-hydrogen) atoms. The van der Waals surface area contributed by atoms with Crippen LogP contribution < -0.4 is 0 Å². The van der Waals surface area contributed by atoms with E-state index in [1.54, 1.807) is 0 Å². The first kappa shape index (κ1) is 21.7. The monoisotopic (exact) mass is 400 g/mol. The van der Waals surface area contributed by atoms with Crippen molar-refractivity contribution >= 4 is 0 Å². The van der Waals surface area contributed by atoms with Crippen LogP contribution in [0.2, 0.25) is 0 Å². The topological polar surface area (TPSA) is 18.5 Å². The fourth-order valence-corrected chi connectivity index (χ4v) is 6.42. The summed E-state index contributed by atoms with van der Waals surface area (Å²) in [6.45, 7) is 0.516. The van der Waals surface area contributed by atoms with Crippen molar-refractivity contribution in [2.75, 3.05) is 6.79 Å². The molecule has 4 aliphatic rings. The molecule has 0 N–H and O–H groups in total. The van der Waals surface area contributed by atoms with Crippen LogP contribution in [0.5, 0.6) is 0 Å². The average molecular weight is 401 g/mol. The van der Waals surface area contributed by atoms with Crippen LogP contribution in [-0.2, 0) is 9.47 Å². The first-order valence-corrected chi connectivity index (χ1v) is 13.1. The van der Waals surface area contributed by atoms with Crippen LogP contribution in [-0.4, -0.2) is 19.0 Å². The van der Waals surface area contributed by atoms with Gasteiger partial charge in [-0.15, -0.1) is 0 Å². The molecule has 0 aromatic carbocycles. The largest absolute Gasteiger partial charge is 0.352 e. The lowest BCUT2D eigenvalue weighted by molar-refractivity contribution is -0.135. The molecule has 4 fully saturated rings. The van der Waals surface area contributed by atoms with E-state index in [2.05, 4.69) is 11.8 Å². The molecule has 0 bridgehead atoms. The van der Waals surface area contributed by atoms with Crippen LogP contribution in [0.1, 0.15) is 116 Å². The molecule has 0 aliphatic heterocycles. The highest BCUT2D eigenvalue weighted by Gasteiger charge is 2.29. The van der Waals surface area contributed by atoms with Crippen molar-refractivity contribution in [3.8, 4) is 11.8 Å². The zero-order valence-electron chi connectivity index (χ0n) is 18.7. The molecular formula is C27H44O2. The van der Waals surface area contributed by atoms with Gasteiger partial charge in [-0.1, -0.05) is 63.2 Å². The molecule has 0 saturated heterocycles. The van der Waals surface area contributed by atoms with E-state index in [0.29, 0.717) is 30.8 Å².